The number of nitriles is 1. The summed E-state index contributed by atoms with van der Waals surface area (Å²) in [6, 6.07) is 11.9. The topological polar surface area (TPSA) is 41.1 Å². The molecule has 20 heavy (non-hydrogen) atoms. The Morgan fingerprint density at radius 2 is 2.15 bits per heavy atom. The monoisotopic (exact) mass is 325 g/mol. The smallest absolute Gasteiger partial charge is 0.137 e. The van der Waals surface area contributed by atoms with Gasteiger partial charge in [-0.05, 0) is 52.2 Å². The molecule has 98 valence electrons. The van der Waals surface area contributed by atoms with Gasteiger partial charge >= 0.3 is 0 Å². The van der Waals surface area contributed by atoms with Gasteiger partial charge in [-0.2, -0.15) is 5.26 Å². The molecule has 0 spiro atoms. The molecule has 0 saturated carbocycles. The predicted octanol–water partition coefficient (Wildman–Crippen LogP) is 4.20. The van der Waals surface area contributed by atoms with Gasteiger partial charge in [0.1, 0.15) is 5.65 Å². The lowest BCUT2D eigenvalue weighted by Gasteiger charge is -2.08. The molecule has 4 heteroatoms. The second-order valence-electron chi connectivity index (χ2n) is 4.56. The van der Waals surface area contributed by atoms with E-state index < -0.39 is 0 Å². The van der Waals surface area contributed by atoms with Gasteiger partial charge in [-0.25, -0.2) is 4.98 Å². The summed E-state index contributed by atoms with van der Waals surface area (Å²) in [5, 5.41) is 9.01. The van der Waals surface area contributed by atoms with E-state index in [2.05, 4.69) is 38.3 Å². The zero-order valence-corrected chi connectivity index (χ0v) is 12.6. The third kappa shape index (κ3) is 2.10. The van der Waals surface area contributed by atoms with E-state index in [1.165, 1.54) is 0 Å². The lowest BCUT2D eigenvalue weighted by atomic mass is 10.00. The fourth-order valence-electron chi connectivity index (χ4n) is 2.36. The van der Waals surface area contributed by atoms with Crippen molar-refractivity contribution >= 4 is 21.6 Å². The number of benzene rings is 1. The van der Waals surface area contributed by atoms with Crippen molar-refractivity contribution in [1.29, 1.82) is 5.26 Å². The van der Waals surface area contributed by atoms with Gasteiger partial charge in [-0.3, -0.25) is 4.40 Å². The zero-order chi connectivity index (χ0) is 14.1. The van der Waals surface area contributed by atoms with Crippen LogP contribution in [0.15, 0.2) is 47.2 Å². The summed E-state index contributed by atoms with van der Waals surface area (Å²) in [4.78, 5) is 4.43. The maximum absolute atomic E-state index is 9.01. The van der Waals surface area contributed by atoms with E-state index in [1.807, 2.05) is 42.7 Å². The van der Waals surface area contributed by atoms with E-state index >= 15 is 0 Å². The molecule has 0 amide bonds. The van der Waals surface area contributed by atoms with Crippen molar-refractivity contribution in [2.24, 2.45) is 0 Å². The maximum Gasteiger partial charge on any atom is 0.137 e. The highest BCUT2D eigenvalue weighted by Crippen LogP contribution is 2.27. The summed E-state index contributed by atoms with van der Waals surface area (Å²) in [5.74, 6) is 0. The quantitative estimate of drug-likeness (QED) is 0.708. The van der Waals surface area contributed by atoms with Crippen LogP contribution in [-0.4, -0.2) is 9.38 Å². The highest BCUT2D eigenvalue weighted by Gasteiger charge is 2.10. The number of hydrogen-bond donors (Lipinski definition) is 0. The Balaban J connectivity index is 2.25. The van der Waals surface area contributed by atoms with Gasteiger partial charge in [0.25, 0.3) is 0 Å². The molecule has 3 rings (SSSR count). The molecule has 3 aromatic rings. The number of hydrogen-bond acceptors (Lipinski definition) is 2. The van der Waals surface area contributed by atoms with Crippen molar-refractivity contribution in [3.63, 3.8) is 0 Å². The fourth-order valence-corrected chi connectivity index (χ4v) is 2.70. The predicted molar refractivity (Wildman–Crippen MR) is 82.4 cm³/mol. The first kappa shape index (κ1) is 12.9. The van der Waals surface area contributed by atoms with Crippen LogP contribution in [0.4, 0.5) is 0 Å². The van der Waals surface area contributed by atoms with E-state index in [9.17, 15) is 0 Å². The van der Waals surface area contributed by atoms with Gasteiger partial charge in [0.05, 0.1) is 23.5 Å². The second kappa shape index (κ2) is 5.10. The Bertz CT molecular complexity index is 827. The minimum absolute atomic E-state index is 0.695. The molecule has 0 atom stereocenters. The normalized spacial score (nSPS) is 10.7. The SMILES string of the molecule is CCc1cc(C#N)ccc1-c1cnc2ccc(Br)cn12. The third-order valence-corrected chi connectivity index (χ3v) is 3.83. The van der Waals surface area contributed by atoms with Gasteiger partial charge in [-0.1, -0.05) is 13.0 Å². The van der Waals surface area contributed by atoms with E-state index in [0.29, 0.717) is 5.56 Å². The minimum atomic E-state index is 0.695. The molecule has 0 aliphatic carbocycles. The average molecular weight is 326 g/mol. The summed E-state index contributed by atoms with van der Waals surface area (Å²) in [7, 11) is 0. The molecule has 1 aromatic carbocycles. The summed E-state index contributed by atoms with van der Waals surface area (Å²) in [6.45, 7) is 2.10. The van der Waals surface area contributed by atoms with Gasteiger partial charge in [0.15, 0.2) is 0 Å². The van der Waals surface area contributed by atoms with Crippen LogP contribution in [-0.2, 0) is 6.42 Å². The average Bonchev–Trinajstić information content (AvgIpc) is 2.89. The summed E-state index contributed by atoms with van der Waals surface area (Å²) < 4.78 is 3.07. The highest BCUT2D eigenvalue weighted by molar-refractivity contribution is 9.10. The maximum atomic E-state index is 9.01. The van der Waals surface area contributed by atoms with Crippen LogP contribution in [0.1, 0.15) is 18.1 Å². The van der Waals surface area contributed by atoms with Gasteiger partial charge in [0, 0.05) is 16.2 Å². The Morgan fingerprint density at radius 1 is 1.30 bits per heavy atom. The highest BCUT2D eigenvalue weighted by atomic mass is 79.9. The lowest BCUT2D eigenvalue weighted by molar-refractivity contribution is 1.12. The van der Waals surface area contributed by atoms with Crippen molar-refractivity contribution in [3.05, 3.63) is 58.3 Å². The van der Waals surface area contributed by atoms with Crippen LogP contribution in [0.2, 0.25) is 0 Å². The van der Waals surface area contributed by atoms with Crippen molar-refractivity contribution in [3.8, 4) is 17.3 Å². The first-order valence-corrected chi connectivity index (χ1v) is 7.18. The van der Waals surface area contributed by atoms with Gasteiger partial charge in [-0.15, -0.1) is 0 Å². The van der Waals surface area contributed by atoms with E-state index in [0.717, 1.165) is 33.4 Å². The standard InChI is InChI=1S/C16H12BrN3/c1-2-12-7-11(8-18)3-5-14(12)15-9-19-16-6-4-13(17)10-20(15)16/h3-7,9-10H,2H2,1H3. The van der Waals surface area contributed by atoms with E-state index in [1.54, 1.807) is 0 Å². The zero-order valence-electron chi connectivity index (χ0n) is 11.0. The number of nitrogens with zero attached hydrogens (tertiary/aromatic N) is 3. The molecule has 0 N–H and O–H groups in total. The van der Waals surface area contributed by atoms with E-state index in [4.69, 9.17) is 5.26 Å². The lowest BCUT2D eigenvalue weighted by Crippen LogP contribution is -1.93. The molecule has 0 saturated heterocycles. The molecule has 0 unspecified atom stereocenters. The largest absolute Gasteiger partial charge is 0.299 e. The summed E-state index contributed by atoms with van der Waals surface area (Å²) in [5.41, 5.74) is 4.93. The van der Waals surface area contributed by atoms with Gasteiger partial charge < -0.3 is 0 Å². The third-order valence-electron chi connectivity index (χ3n) is 3.36. The molecule has 2 heterocycles. The Labute approximate surface area is 125 Å². The molecule has 0 aliphatic heterocycles. The number of aryl methyl sites for hydroxylation is 1. The number of halogens is 1. The molecular formula is C16H12BrN3. The summed E-state index contributed by atoms with van der Waals surface area (Å²) in [6.07, 6.45) is 4.77. The minimum Gasteiger partial charge on any atom is -0.299 e. The number of pyridine rings is 1. The Hall–Kier alpha value is -2.12. The number of aromatic nitrogens is 2. The molecule has 0 fully saturated rings. The van der Waals surface area contributed by atoms with Crippen LogP contribution in [0, 0.1) is 11.3 Å². The Kier molecular flexibility index (Phi) is 3.29. The first-order chi connectivity index (χ1) is 9.72. The molecule has 0 bridgehead atoms. The fraction of sp³-hybridized carbons (Fsp3) is 0.125. The molecule has 3 nitrogen and oxygen atoms in total. The van der Waals surface area contributed by atoms with Crippen molar-refractivity contribution in [2.75, 3.05) is 0 Å². The van der Waals surface area contributed by atoms with Crippen molar-refractivity contribution in [2.45, 2.75) is 13.3 Å². The Morgan fingerprint density at radius 3 is 2.90 bits per heavy atom. The van der Waals surface area contributed by atoms with Crippen LogP contribution in [0.25, 0.3) is 16.9 Å². The van der Waals surface area contributed by atoms with Crippen LogP contribution in [0.3, 0.4) is 0 Å². The van der Waals surface area contributed by atoms with Crippen molar-refractivity contribution < 1.29 is 0 Å². The van der Waals surface area contributed by atoms with Crippen molar-refractivity contribution in [1.82, 2.24) is 9.38 Å². The molecule has 0 aliphatic rings. The molecule has 0 radical (unpaired) electrons. The van der Waals surface area contributed by atoms with Gasteiger partial charge in [0.2, 0.25) is 0 Å². The number of rotatable bonds is 2. The number of imidazole rings is 1. The molecular weight excluding hydrogens is 314 g/mol. The first-order valence-electron chi connectivity index (χ1n) is 6.39. The summed E-state index contributed by atoms with van der Waals surface area (Å²) >= 11 is 3.49. The molecule has 2 aromatic heterocycles. The van der Waals surface area contributed by atoms with E-state index in [-0.39, 0.29) is 0 Å². The van der Waals surface area contributed by atoms with Crippen LogP contribution in [0.5, 0.6) is 0 Å². The number of fused-ring (bicyclic) bond motifs is 1. The second-order valence-corrected chi connectivity index (χ2v) is 5.47. The van der Waals surface area contributed by atoms with Crippen LogP contribution >= 0.6 is 15.9 Å². The van der Waals surface area contributed by atoms with Crippen LogP contribution < -0.4 is 0 Å².